The molecular weight excluding hydrogens is 489 g/mol. The topological polar surface area (TPSA) is 97.6 Å². The Morgan fingerprint density at radius 2 is 1.81 bits per heavy atom. The number of β-amino-alcohol motifs (C(OH)–C–C–N with tert-alkyl or cyclic N) is 1. The molecule has 3 aliphatic rings. The van der Waals surface area contributed by atoms with Crippen LogP contribution in [0.25, 0.3) is 0 Å². The number of rotatable bonds is 7. The van der Waals surface area contributed by atoms with Gasteiger partial charge in [0.05, 0.1) is 25.3 Å². The maximum atomic E-state index is 13.0. The van der Waals surface area contributed by atoms with Crippen LogP contribution in [0, 0.1) is 0 Å². The van der Waals surface area contributed by atoms with Gasteiger partial charge in [0.15, 0.2) is 11.4 Å². The number of ether oxygens (including phenoxy) is 2. The molecule has 3 aromatic rings. The third-order valence-electron chi connectivity index (χ3n) is 6.99. The van der Waals surface area contributed by atoms with E-state index in [2.05, 4.69) is 15.3 Å². The normalized spacial score (nSPS) is 19.9. The lowest BCUT2D eigenvalue weighted by Crippen LogP contribution is -2.69. The van der Waals surface area contributed by atoms with Crippen LogP contribution < -0.4 is 15.0 Å². The van der Waals surface area contributed by atoms with Gasteiger partial charge in [-0.15, -0.1) is 0 Å². The molecule has 6 rings (SSSR count). The first-order valence-corrected chi connectivity index (χ1v) is 12.4. The van der Waals surface area contributed by atoms with Gasteiger partial charge in [0, 0.05) is 49.3 Å². The first-order valence-electron chi connectivity index (χ1n) is 12.4. The second-order valence-electron chi connectivity index (χ2n) is 9.87. The number of pyridine rings is 2. The van der Waals surface area contributed by atoms with Crippen LogP contribution in [-0.2, 0) is 4.74 Å². The number of aromatic nitrogens is 4. The largest absolute Gasteiger partial charge is 0.454 e. The Morgan fingerprint density at radius 1 is 1.05 bits per heavy atom. The summed E-state index contributed by atoms with van der Waals surface area (Å²) >= 11 is 0. The molecule has 2 saturated heterocycles. The van der Waals surface area contributed by atoms with Crippen molar-refractivity contribution in [2.45, 2.75) is 49.4 Å². The molecule has 0 spiro atoms. The van der Waals surface area contributed by atoms with Crippen LogP contribution in [0.4, 0.5) is 30.5 Å². The molecule has 12 heteroatoms. The molecule has 0 unspecified atom stereocenters. The van der Waals surface area contributed by atoms with Crippen LogP contribution in [0.2, 0.25) is 0 Å². The smallest absolute Gasteiger partial charge is 0.420 e. The van der Waals surface area contributed by atoms with Crippen LogP contribution >= 0.6 is 0 Å². The van der Waals surface area contributed by atoms with Crippen molar-refractivity contribution in [2.24, 2.45) is 0 Å². The highest BCUT2D eigenvalue weighted by Gasteiger charge is 2.61. The summed E-state index contributed by atoms with van der Waals surface area (Å²) in [6.45, 7) is 0.312. The molecule has 0 bridgehead atoms. The molecule has 196 valence electrons. The van der Waals surface area contributed by atoms with E-state index in [1.54, 1.807) is 30.5 Å². The van der Waals surface area contributed by atoms with Gasteiger partial charge in [0.2, 0.25) is 0 Å². The van der Waals surface area contributed by atoms with Gasteiger partial charge in [-0.3, -0.25) is 4.68 Å². The van der Waals surface area contributed by atoms with Crippen molar-refractivity contribution in [3.05, 3.63) is 48.5 Å². The Balaban J connectivity index is 1.16. The van der Waals surface area contributed by atoms with Crippen LogP contribution in [-0.4, -0.2) is 62.9 Å². The zero-order valence-electron chi connectivity index (χ0n) is 20.0. The van der Waals surface area contributed by atoms with E-state index in [9.17, 15) is 18.3 Å². The van der Waals surface area contributed by atoms with E-state index in [-0.39, 0.29) is 5.92 Å². The molecule has 5 heterocycles. The van der Waals surface area contributed by atoms with Crippen molar-refractivity contribution in [1.29, 1.82) is 0 Å². The molecule has 37 heavy (non-hydrogen) atoms. The van der Waals surface area contributed by atoms with Gasteiger partial charge in [-0.1, -0.05) is 0 Å². The van der Waals surface area contributed by atoms with E-state index in [0.717, 1.165) is 37.1 Å². The van der Waals surface area contributed by atoms with E-state index < -0.39 is 24.9 Å². The van der Waals surface area contributed by atoms with E-state index in [1.807, 2.05) is 10.9 Å². The maximum absolute atomic E-state index is 13.0. The lowest BCUT2D eigenvalue weighted by atomic mass is 9.93. The Morgan fingerprint density at radius 3 is 2.54 bits per heavy atom. The van der Waals surface area contributed by atoms with Gasteiger partial charge in [0.1, 0.15) is 23.1 Å². The molecule has 0 radical (unpaired) electrons. The van der Waals surface area contributed by atoms with E-state index in [4.69, 9.17) is 14.6 Å². The Kier molecular flexibility index (Phi) is 5.95. The maximum Gasteiger partial charge on any atom is 0.420 e. The van der Waals surface area contributed by atoms with Crippen molar-refractivity contribution in [1.82, 2.24) is 19.7 Å². The van der Waals surface area contributed by atoms with E-state index >= 15 is 0 Å². The van der Waals surface area contributed by atoms with Crippen molar-refractivity contribution in [3.8, 4) is 11.5 Å². The second kappa shape index (κ2) is 9.18. The lowest BCUT2D eigenvalue weighted by molar-refractivity contribution is -0.267. The summed E-state index contributed by atoms with van der Waals surface area (Å²) in [5.74, 6) is 2.45. The number of hydrogen-bond acceptors (Lipinski definition) is 8. The molecule has 0 aromatic carbocycles. The summed E-state index contributed by atoms with van der Waals surface area (Å²) in [5.41, 5.74) is -1.16. The summed E-state index contributed by atoms with van der Waals surface area (Å²) < 4.78 is 52.7. The van der Waals surface area contributed by atoms with Crippen molar-refractivity contribution >= 4 is 17.3 Å². The number of aliphatic hydroxyl groups is 1. The monoisotopic (exact) mass is 516 g/mol. The third-order valence-corrected chi connectivity index (χ3v) is 6.99. The molecule has 3 aromatic heterocycles. The number of nitrogens with one attached hydrogen (secondary N) is 1. The van der Waals surface area contributed by atoms with Crippen LogP contribution in [0.5, 0.6) is 11.5 Å². The van der Waals surface area contributed by atoms with Gasteiger partial charge in [-0.25, -0.2) is 9.97 Å². The van der Waals surface area contributed by atoms with E-state index in [0.29, 0.717) is 42.3 Å². The first kappa shape index (κ1) is 24.0. The minimum absolute atomic E-state index is 0.287. The molecule has 1 aliphatic carbocycles. The highest BCUT2D eigenvalue weighted by atomic mass is 19.4. The van der Waals surface area contributed by atoms with E-state index in [1.165, 1.54) is 11.1 Å². The molecule has 3 fully saturated rings. The number of hydrogen-bond donors (Lipinski definition) is 2. The molecule has 2 N–H and O–H groups in total. The van der Waals surface area contributed by atoms with Gasteiger partial charge < -0.3 is 24.8 Å². The lowest BCUT2D eigenvalue weighted by Gasteiger charge is -2.47. The molecular formula is C25H27F3N6O3. The molecule has 9 nitrogen and oxygen atoms in total. The predicted molar refractivity (Wildman–Crippen MR) is 128 cm³/mol. The van der Waals surface area contributed by atoms with Crippen LogP contribution in [0.15, 0.2) is 42.9 Å². The van der Waals surface area contributed by atoms with Gasteiger partial charge in [-0.05, 0) is 37.8 Å². The number of halogens is 3. The average molecular weight is 517 g/mol. The van der Waals surface area contributed by atoms with Crippen LogP contribution in [0.3, 0.4) is 0 Å². The summed E-state index contributed by atoms with van der Waals surface area (Å²) in [4.78, 5) is 9.86. The highest BCUT2D eigenvalue weighted by molar-refractivity contribution is 5.62. The fraction of sp³-hybridized carbons (Fsp3) is 0.480. The SMILES string of the molecule is OC1(C(F)(F)F)CN(c2cc(Nc3cc(Oc4cn(C5CC5)nc4C4CCOCC4)ccn3)ccn2)C1. The number of alkyl halides is 3. The summed E-state index contributed by atoms with van der Waals surface area (Å²) in [6, 6.07) is 7.27. The van der Waals surface area contributed by atoms with Crippen LogP contribution in [0.1, 0.15) is 43.3 Å². The standard InChI is InChI=1S/C25H27F3N6O3/c26-25(27,28)24(35)14-33(15-24)22-11-17(3-7-30-22)31-21-12-19(4-8-29-21)37-20-13-34(18-1-2-18)32-23(20)16-5-9-36-10-6-16/h3-4,7-8,11-13,16,18,35H,1-2,5-6,9-10,14-15H2,(H,29,30,31). The molecule has 1 saturated carbocycles. The zero-order valence-corrected chi connectivity index (χ0v) is 20.0. The fourth-order valence-electron chi connectivity index (χ4n) is 4.66. The first-order chi connectivity index (χ1) is 17.8. The Labute approximate surface area is 211 Å². The minimum Gasteiger partial charge on any atom is -0.454 e. The Bertz CT molecular complexity index is 1270. The van der Waals surface area contributed by atoms with Crippen molar-refractivity contribution in [3.63, 3.8) is 0 Å². The average Bonchev–Trinajstić information content (AvgIpc) is 3.63. The van der Waals surface area contributed by atoms with Gasteiger partial charge in [-0.2, -0.15) is 18.3 Å². The van der Waals surface area contributed by atoms with Crippen molar-refractivity contribution < 1.29 is 27.8 Å². The molecule has 2 aliphatic heterocycles. The quantitative estimate of drug-likeness (QED) is 0.472. The minimum atomic E-state index is -4.68. The molecule has 0 amide bonds. The highest BCUT2D eigenvalue weighted by Crippen LogP contribution is 2.41. The number of nitrogens with zero attached hydrogens (tertiary/aromatic N) is 5. The number of anilines is 3. The van der Waals surface area contributed by atoms with Gasteiger partial charge >= 0.3 is 6.18 Å². The summed E-state index contributed by atoms with van der Waals surface area (Å²) in [7, 11) is 0. The zero-order chi connectivity index (χ0) is 25.6. The summed E-state index contributed by atoms with van der Waals surface area (Å²) in [6.07, 6.45) is 4.47. The summed E-state index contributed by atoms with van der Waals surface area (Å²) in [5, 5.41) is 17.7. The molecule has 0 atom stereocenters. The predicted octanol–water partition coefficient (Wildman–Crippen LogP) is 4.55. The fourth-order valence-corrected chi connectivity index (χ4v) is 4.66. The van der Waals surface area contributed by atoms with Gasteiger partial charge in [0.25, 0.3) is 0 Å². The second-order valence-corrected chi connectivity index (χ2v) is 9.87. The Hall–Kier alpha value is -3.38. The third kappa shape index (κ3) is 4.95. The van der Waals surface area contributed by atoms with Crippen molar-refractivity contribution in [2.75, 3.05) is 36.5 Å².